The Morgan fingerprint density at radius 1 is 0.849 bits per heavy atom. The Morgan fingerprint density at radius 2 is 1.51 bits per heavy atom. The van der Waals surface area contributed by atoms with Crippen molar-refractivity contribution in [3.8, 4) is 23.1 Å². The van der Waals surface area contributed by atoms with E-state index in [1.54, 1.807) is 90.2 Å². The van der Waals surface area contributed by atoms with Gasteiger partial charge < -0.3 is 40.2 Å². The molecule has 73 heavy (non-hydrogen) atoms. The van der Waals surface area contributed by atoms with Crippen molar-refractivity contribution < 1.29 is 47.3 Å². The van der Waals surface area contributed by atoms with Gasteiger partial charge in [0.15, 0.2) is 6.10 Å². The number of hydrogen-bond donors (Lipinski definition) is 5. The number of piperazine rings is 1. The molecule has 5 N–H and O–H groups in total. The number of methoxy groups -OCH3 is 1. The lowest BCUT2D eigenvalue weighted by Crippen LogP contribution is -2.62. The van der Waals surface area contributed by atoms with Crippen molar-refractivity contribution >= 4 is 29.8 Å². The molecule has 0 aliphatic carbocycles. The second-order valence-corrected chi connectivity index (χ2v) is 21.0. The van der Waals surface area contributed by atoms with Crippen LogP contribution in [-0.2, 0) is 36.8 Å². The van der Waals surface area contributed by atoms with E-state index in [1.165, 1.54) is 33.2 Å². The number of pyridine rings is 2. The minimum Gasteiger partial charge on any atom is -0.453 e. The minimum absolute atomic E-state index is 0.0131. The molecule has 3 aliphatic rings. The molecule has 0 unspecified atom stereocenters. The van der Waals surface area contributed by atoms with Gasteiger partial charge in [0, 0.05) is 85.4 Å². The summed E-state index contributed by atoms with van der Waals surface area (Å²) in [5.41, 5.74) is 2.97. The molecule has 3 aliphatic heterocycles. The highest BCUT2D eigenvalue weighted by molar-refractivity contribution is 5.87. The SMILES string of the molecule is CNC(=O)O[C@H](C(=O)NN(Cc1c(F)cc(-c2ccccn2)cc1F)C[C@H](O)[C@H](Cc1ccc(C#Cc2ccc(N3C[C@@H]4CC[C@@H](C3)N4C3COC3)nc2)cc1)NC(=O)[C@@H](NC(=O)OC)C(C)(C)C)C(C)(C)C. The first-order valence-electron chi connectivity index (χ1n) is 24.5. The molecule has 3 fully saturated rings. The van der Waals surface area contributed by atoms with E-state index in [1.807, 2.05) is 12.1 Å². The average Bonchev–Trinajstić information content (AvgIpc) is 3.57. The highest BCUT2D eigenvalue weighted by Crippen LogP contribution is 2.35. The zero-order valence-electron chi connectivity index (χ0n) is 42.7. The molecule has 0 saturated carbocycles. The van der Waals surface area contributed by atoms with Gasteiger partial charge in [0.25, 0.3) is 5.91 Å². The summed E-state index contributed by atoms with van der Waals surface area (Å²) in [5, 5.41) is 21.1. The molecular formula is C54H67F2N9O8. The molecule has 17 nitrogen and oxygen atoms in total. The van der Waals surface area contributed by atoms with Crippen LogP contribution in [-0.4, -0.2) is 138 Å². The Hall–Kier alpha value is -6.72. The van der Waals surface area contributed by atoms with Crippen LogP contribution in [0.5, 0.6) is 0 Å². The molecular weight excluding hydrogens is 941 g/mol. The van der Waals surface area contributed by atoms with Crippen LogP contribution in [0.2, 0.25) is 0 Å². The maximum absolute atomic E-state index is 16.0. The third-order valence-electron chi connectivity index (χ3n) is 13.4. The maximum atomic E-state index is 16.0. The molecule has 2 bridgehead atoms. The van der Waals surface area contributed by atoms with Crippen molar-refractivity contribution in [1.82, 2.24) is 41.3 Å². The van der Waals surface area contributed by atoms with Gasteiger partial charge in [-0.1, -0.05) is 71.6 Å². The van der Waals surface area contributed by atoms with Crippen LogP contribution >= 0.6 is 0 Å². The fraction of sp³-hybridized carbons (Fsp3) is 0.481. The number of amides is 4. The van der Waals surface area contributed by atoms with E-state index in [0.29, 0.717) is 34.9 Å². The first-order valence-corrected chi connectivity index (χ1v) is 24.5. The van der Waals surface area contributed by atoms with Crippen molar-refractivity contribution in [2.24, 2.45) is 10.8 Å². The molecule has 4 aromatic rings. The first kappa shape index (κ1) is 54.1. The molecule has 0 spiro atoms. The highest BCUT2D eigenvalue weighted by Gasteiger charge is 2.46. The number of aromatic nitrogens is 2. The predicted octanol–water partition coefficient (Wildman–Crippen LogP) is 5.34. The quantitative estimate of drug-likeness (QED) is 0.0713. The van der Waals surface area contributed by atoms with Gasteiger partial charge in [-0.3, -0.25) is 24.9 Å². The number of hydrogen-bond acceptors (Lipinski definition) is 13. The van der Waals surface area contributed by atoms with E-state index in [9.17, 15) is 24.3 Å². The number of alkyl carbamates (subject to hydrolysis) is 2. The number of ether oxygens (including phenoxy) is 3. The number of halogens is 2. The Bertz CT molecular complexity index is 2600. The smallest absolute Gasteiger partial charge is 0.407 e. The van der Waals surface area contributed by atoms with Gasteiger partial charge in [-0.25, -0.2) is 28.4 Å². The Balaban J connectivity index is 1.12. The largest absolute Gasteiger partial charge is 0.453 e. The third-order valence-corrected chi connectivity index (χ3v) is 13.4. The Morgan fingerprint density at radius 3 is 2.05 bits per heavy atom. The van der Waals surface area contributed by atoms with E-state index in [4.69, 9.17) is 19.2 Å². The van der Waals surface area contributed by atoms with Crippen LogP contribution < -0.4 is 26.3 Å². The van der Waals surface area contributed by atoms with Crippen LogP contribution in [0.1, 0.15) is 76.6 Å². The fourth-order valence-electron chi connectivity index (χ4n) is 9.42. The maximum Gasteiger partial charge on any atom is 0.407 e. The zero-order valence-corrected chi connectivity index (χ0v) is 42.7. The number of rotatable bonds is 16. The van der Waals surface area contributed by atoms with Crippen LogP contribution in [0.3, 0.4) is 0 Å². The van der Waals surface area contributed by atoms with Crippen LogP contribution in [0.15, 0.2) is 79.1 Å². The van der Waals surface area contributed by atoms with Crippen LogP contribution in [0.4, 0.5) is 24.2 Å². The van der Waals surface area contributed by atoms with Gasteiger partial charge in [-0.05, 0) is 78.8 Å². The number of benzene rings is 2. The van der Waals surface area contributed by atoms with Crippen molar-refractivity contribution in [2.75, 3.05) is 51.9 Å². The number of carbonyl (C=O) groups excluding carboxylic acids is 4. The molecule has 390 valence electrons. The summed E-state index contributed by atoms with van der Waals surface area (Å²) < 4.78 is 47.8. The summed E-state index contributed by atoms with van der Waals surface area (Å²) in [7, 11) is 2.50. The van der Waals surface area contributed by atoms with Gasteiger partial charge in [-0.15, -0.1) is 0 Å². The normalized spacial score (nSPS) is 18.5. The molecule has 7 rings (SSSR count). The lowest BCUT2D eigenvalue weighted by Gasteiger charge is -2.47. The van der Waals surface area contributed by atoms with E-state index in [2.05, 4.69) is 48.0 Å². The second-order valence-electron chi connectivity index (χ2n) is 21.0. The molecule has 2 aromatic carbocycles. The van der Waals surface area contributed by atoms with E-state index in [-0.39, 0.29) is 12.0 Å². The summed E-state index contributed by atoms with van der Waals surface area (Å²) in [6.45, 7) is 12.6. The predicted molar refractivity (Wildman–Crippen MR) is 269 cm³/mol. The summed E-state index contributed by atoms with van der Waals surface area (Å²) in [6.07, 6.45) is 0.951. The lowest BCUT2D eigenvalue weighted by molar-refractivity contribution is -0.141. The van der Waals surface area contributed by atoms with E-state index in [0.717, 1.165) is 54.8 Å². The minimum atomic E-state index is -1.55. The van der Waals surface area contributed by atoms with Gasteiger partial charge >= 0.3 is 12.2 Å². The molecule has 4 amide bonds. The number of anilines is 1. The second kappa shape index (κ2) is 23.4. The zero-order chi connectivity index (χ0) is 52.6. The standard InChI is InChI=1S/C54H67F2N9O8/c1-53(2,3)47(61-52(70)71-8)49(67)60-44(23-34-15-12-33(13-16-34)14-17-35-18-21-46(59-26-35)63-27-37-19-20-38(28-63)65(37)39-31-72-32-39)45(66)30-64(62-50(68)48(54(4,5)6)73-51(69)57-7)29-40-41(55)24-36(25-42(40)56)43-11-9-10-22-58-43/h9-13,15-16,18,21-22,24-26,37-39,44-45,47-48,66H,19-20,23,27-32H2,1-8H3,(H,57,69)(H,60,67)(H,61,70)(H,62,68)/t37-,38-,44-,45-,47+,48+/m0/s1. The van der Waals surface area contributed by atoms with Crippen molar-refractivity contribution in [1.29, 1.82) is 0 Å². The summed E-state index contributed by atoms with van der Waals surface area (Å²) in [6, 6.07) is 17.6. The number of carbonyl (C=O) groups is 4. The Kier molecular flexibility index (Phi) is 17.4. The third kappa shape index (κ3) is 13.9. The van der Waals surface area contributed by atoms with Gasteiger partial charge in [0.05, 0.1) is 44.2 Å². The molecule has 2 aromatic heterocycles. The van der Waals surface area contributed by atoms with Crippen LogP contribution in [0, 0.1) is 34.3 Å². The van der Waals surface area contributed by atoms with Crippen molar-refractivity contribution in [3.63, 3.8) is 0 Å². The molecule has 19 heteroatoms. The number of hydrazine groups is 1. The number of aliphatic hydroxyl groups is 1. The van der Waals surface area contributed by atoms with Crippen molar-refractivity contribution in [3.05, 3.63) is 113 Å². The van der Waals surface area contributed by atoms with Crippen molar-refractivity contribution in [2.45, 2.75) is 110 Å². The van der Waals surface area contributed by atoms with Gasteiger partial charge in [0.2, 0.25) is 5.91 Å². The monoisotopic (exact) mass is 1010 g/mol. The average molecular weight is 1010 g/mol. The lowest BCUT2D eigenvalue weighted by atomic mass is 9.85. The highest BCUT2D eigenvalue weighted by atomic mass is 19.1. The van der Waals surface area contributed by atoms with Gasteiger partial charge in [0.1, 0.15) is 23.5 Å². The Labute approximate surface area is 425 Å². The number of aliphatic hydroxyl groups excluding tert-OH is 1. The molecule has 0 radical (unpaired) electrons. The summed E-state index contributed by atoms with van der Waals surface area (Å²) in [5.74, 6) is 3.89. The number of nitrogens with one attached hydrogen (secondary N) is 4. The topological polar surface area (TPSA) is 200 Å². The number of fused-ring (bicyclic) bond motifs is 2. The molecule has 3 saturated heterocycles. The van der Waals surface area contributed by atoms with Crippen LogP contribution in [0.25, 0.3) is 11.3 Å². The van der Waals surface area contributed by atoms with E-state index < -0.39 is 89.4 Å². The summed E-state index contributed by atoms with van der Waals surface area (Å²) in [4.78, 5) is 67.1. The van der Waals surface area contributed by atoms with Gasteiger partial charge in [-0.2, -0.15) is 0 Å². The fourth-order valence-corrected chi connectivity index (χ4v) is 9.42. The molecule has 5 heterocycles. The molecule has 6 atom stereocenters. The van der Waals surface area contributed by atoms with E-state index >= 15 is 8.78 Å². The first-order chi connectivity index (χ1) is 34.7. The number of nitrogens with zero attached hydrogens (tertiary/aromatic N) is 5. The summed E-state index contributed by atoms with van der Waals surface area (Å²) >= 11 is 0.